The number of imide groups is 3. The average Bonchev–Trinajstić information content (AvgIpc) is 3.18. The van der Waals surface area contributed by atoms with Gasteiger partial charge in [-0.25, -0.2) is 4.79 Å². The van der Waals surface area contributed by atoms with E-state index in [9.17, 15) is 29.7 Å². The number of carbonyl (C=O) groups is 3. The molecule has 9 heteroatoms. The van der Waals surface area contributed by atoms with Crippen LogP contribution in [-0.2, 0) is 14.3 Å². The van der Waals surface area contributed by atoms with Gasteiger partial charge in [-0.05, 0) is 72.2 Å². The van der Waals surface area contributed by atoms with E-state index < -0.39 is 48.4 Å². The van der Waals surface area contributed by atoms with Crippen LogP contribution in [0.4, 0.5) is 4.79 Å². The van der Waals surface area contributed by atoms with Crippen molar-refractivity contribution in [2.24, 2.45) is 23.7 Å². The molecular weight excluding hydrogens is 500 g/mol. The Kier molecular flexibility index (Phi) is 8.62. The first-order valence-corrected chi connectivity index (χ1v) is 13.1. The third kappa shape index (κ3) is 5.65. The van der Waals surface area contributed by atoms with E-state index in [1.54, 1.807) is 24.4 Å². The number of methoxy groups -OCH3 is 1. The number of aliphatic hydroxyl groups is 2. The Morgan fingerprint density at radius 3 is 2.56 bits per heavy atom. The smallest absolute Gasteiger partial charge is 0.423 e. The molecule has 1 aliphatic carbocycles. The Morgan fingerprint density at radius 2 is 1.95 bits per heavy atom. The minimum Gasteiger partial charge on any atom is -0.508 e. The first-order valence-electron chi connectivity index (χ1n) is 13.1. The number of ether oxygens (including phenoxy) is 1. The van der Waals surface area contributed by atoms with Crippen LogP contribution >= 0.6 is 0 Å². The van der Waals surface area contributed by atoms with Crippen molar-refractivity contribution >= 4 is 29.6 Å². The molecule has 2 aromatic rings. The van der Waals surface area contributed by atoms with Crippen LogP contribution in [-0.4, -0.2) is 62.9 Å². The second kappa shape index (κ2) is 11.9. The molecule has 4 rings (SSSR count). The van der Waals surface area contributed by atoms with Gasteiger partial charge in [0.2, 0.25) is 11.8 Å². The normalized spacial score (nSPS) is 22.4. The minimum atomic E-state index is -1.04. The quantitative estimate of drug-likeness (QED) is 0.344. The third-order valence-electron chi connectivity index (χ3n) is 7.62. The fourth-order valence-corrected chi connectivity index (χ4v) is 5.81. The van der Waals surface area contributed by atoms with Gasteiger partial charge in [0.05, 0.1) is 37.4 Å². The van der Waals surface area contributed by atoms with E-state index in [4.69, 9.17) is 0 Å². The fourth-order valence-electron chi connectivity index (χ4n) is 5.81. The monoisotopic (exact) mass is 534 g/mol. The van der Waals surface area contributed by atoms with Gasteiger partial charge in [0.25, 0.3) is 0 Å². The number of phenols is 1. The molecule has 2 aliphatic rings. The summed E-state index contributed by atoms with van der Waals surface area (Å²) < 4.78 is 4.65. The lowest BCUT2D eigenvalue weighted by atomic mass is 9.66. The van der Waals surface area contributed by atoms with Crippen LogP contribution in [0, 0.1) is 23.7 Å². The molecule has 2 heterocycles. The van der Waals surface area contributed by atoms with E-state index in [1.807, 2.05) is 44.2 Å². The number of rotatable bonds is 8. The van der Waals surface area contributed by atoms with Crippen molar-refractivity contribution in [1.82, 2.24) is 9.88 Å². The highest BCUT2D eigenvalue weighted by Gasteiger charge is 2.57. The zero-order valence-electron chi connectivity index (χ0n) is 22.3. The highest BCUT2D eigenvalue weighted by atomic mass is 16.5. The molecular formula is C30H34N2O7. The van der Waals surface area contributed by atoms with Crippen LogP contribution in [0.1, 0.15) is 44.4 Å². The van der Waals surface area contributed by atoms with Crippen LogP contribution in [0.25, 0.3) is 11.6 Å². The van der Waals surface area contributed by atoms with Gasteiger partial charge in [-0.1, -0.05) is 37.6 Å². The molecule has 1 aromatic carbocycles. The Balaban J connectivity index is 1.66. The zero-order valence-corrected chi connectivity index (χ0v) is 22.3. The average molecular weight is 535 g/mol. The number of aromatic hydroxyl groups is 1. The molecule has 1 fully saturated rings. The maximum absolute atomic E-state index is 13.2. The Hall–Kier alpha value is -3.82. The van der Waals surface area contributed by atoms with Crippen LogP contribution in [0.3, 0.4) is 0 Å². The Bertz CT molecular complexity index is 1300. The lowest BCUT2D eigenvalue weighted by Gasteiger charge is -2.38. The van der Waals surface area contributed by atoms with Crippen molar-refractivity contribution in [3.63, 3.8) is 0 Å². The summed E-state index contributed by atoms with van der Waals surface area (Å²) in [5.41, 5.74) is 3.70. The Morgan fingerprint density at radius 1 is 1.18 bits per heavy atom. The number of hydrogen-bond acceptors (Lipinski definition) is 8. The maximum atomic E-state index is 13.2. The number of allylic oxidation sites excluding steroid dienone is 2. The molecule has 4 atom stereocenters. The first kappa shape index (κ1) is 28.2. The van der Waals surface area contributed by atoms with E-state index >= 15 is 0 Å². The predicted octanol–water partition coefficient (Wildman–Crippen LogP) is 3.80. The molecule has 0 radical (unpaired) electrons. The van der Waals surface area contributed by atoms with Gasteiger partial charge in [-0.15, -0.1) is 0 Å². The van der Waals surface area contributed by atoms with Gasteiger partial charge in [-0.2, -0.15) is 4.90 Å². The number of aliphatic hydroxyl groups excluding tert-OH is 2. The zero-order chi connectivity index (χ0) is 28.3. The van der Waals surface area contributed by atoms with Crippen molar-refractivity contribution in [2.45, 2.75) is 39.2 Å². The molecule has 1 aromatic heterocycles. The molecule has 1 aliphatic heterocycles. The molecule has 0 bridgehead atoms. The summed E-state index contributed by atoms with van der Waals surface area (Å²) in [6.07, 6.45) is 2.43. The summed E-state index contributed by atoms with van der Waals surface area (Å²) >= 11 is 0. The van der Waals surface area contributed by atoms with Gasteiger partial charge in [0, 0.05) is 12.1 Å². The third-order valence-corrected chi connectivity index (χ3v) is 7.62. The van der Waals surface area contributed by atoms with E-state index in [1.165, 1.54) is 0 Å². The molecule has 0 unspecified atom stereocenters. The summed E-state index contributed by atoms with van der Waals surface area (Å²) in [5.74, 6) is -3.82. The highest BCUT2D eigenvalue weighted by molar-refractivity contribution is 6.16. The van der Waals surface area contributed by atoms with Crippen molar-refractivity contribution in [3.05, 3.63) is 71.1 Å². The van der Waals surface area contributed by atoms with Gasteiger partial charge < -0.3 is 20.1 Å². The van der Waals surface area contributed by atoms with Crippen LogP contribution < -0.4 is 0 Å². The Labute approximate surface area is 227 Å². The number of benzene rings is 1. The first-order chi connectivity index (χ1) is 18.7. The topological polar surface area (TPSA) is 137 Å². The number of fused-ring (bicyclic) bond motifs is 1. The number of phenolic OH excluding ortho intramolecular Hbond substituents is 1. The summed E-state index contributed by atoms with van der Waals surface area (Å²) in [4.78, 5) is 43.4. The van der Waals surface area contributed by atoms with Crippen molar-refractivity contribution in [1.29, 1.82) is 0 Å². The van der Waals surface area contributed by atoms with Gasteiger partial charge in [-0.3, -0.25) is 14.6 Å². The maximum Gasteiger partial charge on any atom is 0.423 e. The number of pyridine rings is 1. The van der Waals surface area contributed by atoms with E-state index in [-0.39, 0.29) is 24.5 Å². The van der Waals surface area contributed by atoms with E-state index in [2.05, 4.69) is 9.72 Å². The molecule has 206 valence electrons. The molecule has 3 N–H and O–H groups in total. The molecule has 39 heavy (non-hydrogen) atoms. The largest absolute Gasteiger partial charge is 0.508 e. The van der Waals surface area contributed by atoms with Crippen molar-refractivity contribution in [3.8, 4) is 5.75 Å². The van der Waals surface area contributed by atoms with Crippen molar-refractivity contribution < 1.29 is 34.4 Å². The predicted molar refractivity (Wildman–Crippen MR) is 144 cm³/mol. The number of hydrogen-bond donors (Lipinski definition) is 3. The van der Waals surface area contributed by atoms with E-state index in [0.29, 0.717) is 16.9 Å². The van der Waals surface area contributed by atoms with Crippen LogP contribution in [0.5, 0.6) is 5.75 Å². The second-order valence-electron chi connectivity index (χ2n) is 10.3. The number of amides is 3. The summed E-state index contributed by atoms with van der Waals surface area (Å²) in [6, 6.07) is 12.4. The summed E-state index contributed by atoms with van der Waals surface area (Å²) in [5, 5.41) is 31.9. The second-order valence-corrected chi connectivity index (χ2v) is 10.3. The van der Waals surface area contributed by atoms with Crippen molar-refractivity contribution in [2.75, 3.05) is 13.7 Å². The van der Waals surface area contributed by atoms with Gasteiger partial charge in [0.1, 0.15) is 5.75 Å². The number of aromatic nitrogens is 1. The summed E-state index contributed by atoms with van der Waals surface area (Å²) in [7, 11) is 1.10. The highest BCUT2D eigenvalue weighted by Crippen LogP contribution is 2.48. The van der Waals surface area contributed by atoms with Crippen LogP contribution in [0.2, 0.25) is 0 Å². The lowest BCUT2D eigenvalue weighted by Crippen LogP contribution is -2.40. The molecule has 0 spiro atoms. The standard InChI is InChI=1S/C30H34N2O7/c1-17(2)21-15-22-27(29(37)32(28(22)36)30(38)39-3)23(16-33)26(21)25(35)11-10-19(24-9-4-5-12-31-24)13-18-7-6-8-20(34)14-18/h4-9,12-14,17,22-23,25,27,33-35H,10-11,15-16H2,1-3H3/b19-13-/t22-,23+,25-,27-/m1/s1. The lowest BCUT2D eigenvalue weighted by molar-refractivity contribution is -0.137. The minimum absolute atomic E-state index is 0.0576. The van der Waals surface area contributed by atoms with Gasteiger partial charge >= 0.3 is 6.09 Å². The molecule has 3 amide bonds. The summed E-state index contributed by atoms with van der Waals surface area (Å²) in [6.45, 7) is 3.43. The van der Waals surface area contributed by atoms with Gasteiger partial charge in [0.15, 0.2) is 0 Å². The number of carbonyl (C=O) groups excluding carboxylic acids is 3. The van der Waals surface area contributed by atoms with E-state index in [0.717, 1.165) is 29.5 Å². The number of nitrogens with zero attached hydrogens (tertiary/aromatic N) is 2. The molecule has 9 nitrogen and oxygen atoms in total. The molecule has 0 saturated carbocycles. The van der Waals surface area contributed by atoms with Crippen LogP contribution in [0.15, 0.2) is 59.8 Å². The number of likely N-dealkylation sites (tertiary alicyclic amines) is 1. The fraction of sp³-hybridized carbons (Fsp3) is 0.400. The SMILES string of the molecule is COC(=O)N1C(=O)[C@@H]2[C@@H](CC(C(C)C)=C([C@H](O)CC/C(=C/c3cccc(O)c3)c3ccccn3)[C@@H]2CO)C1=O. The molecule has 1 saturated heterocycles.